The Hall–Kier alpha value is -2.44. The summed E-state index contributed by atoms with van der Waals surface area (Å²) in [6, 6.07) is 16.9. The van der Waals surface area contributed by atoms with E-state index in [1.807, 2.05) is 17.5 Å². The monoisotopic (exact) mass is 357 g/mol. The molecule has 0 atom stereocenters. The number of rotatable bonds is 5. The SMILES string of the molecule is COc1ccc(S(=O)(=O)c2ccccc2)cc1N=Cc1cccs1. The van der Waals surface area contributed by atoms with Gasteiger partial charge in [0.2, 0.25) is 9.84 Å². The van der Waals surface area contributed by atoms with Gasteiger partial charge >= 0.3 is 0 Å². The fourth-order valence-electron chi connectivity index (χ4n) is 2.17. The van der Waals surface area contributed by atoms with E-state index in [9.17, 15) is 8.42 Å². The Bertz CT molecular complexity index is 947. The predicted molar refractivity (Wildman–Crippen MR) is 96.5 cm³/mol. The van der Waals surface area contributed by atoms with E-state index in [4.69, 9.17) is 4.74 Å². The fraction of sp³-hybridized carbons (Fsp3) is 0.0556. The molecule has 0 saturated heterocycles. The summed E-state index contributed by atoms with van der Waals surface area (Å²) in [5, 5.41) is 1.95. The van der Waals surface area contributed by atoms with Crippen LogP contribution in [0.1, 0.15) is 4.88 Å². The van der Waals surface area contributed by atoms with Gasteiger partial charge in [-0.25, -0.2) is 8.42 Å². The lowest BCUT2D eigenvalue weighted by Gasteiger charge is -2.08. The van der Waals surface area contributed by atoms with Crippen molar-refractivity contribution in [2.75, 3.05) is 7.11 Å². The Morgan fingerprint density at radius 2 is 1.79 bits per heavy atom. The van der Waals surface area contributed by atoms with Crippen LogP contribution in [0.25, 0.3) is 0 Å². The second-order valence-corrected chi connectivity index (χ2v) is 7.85. The number of nitrogens with zero attached hydrogens (tertiary/aromatic N) is 1. The van der Waals surface area contributed by atoms with E-state index in [1.165, 1.54) is 19.2 Å². The van der Waals surface area contributed by atoms with Crippen LogP contribution in [0.15, 0.2) is 80.8 Å². The summed E-state index contributed by atoms with van der Waals surface area (Å²) in [7, 11) is -2.05. The number of methoxy groups -OCH3 is 1. The predicted octanol–water partition coefficient (Wildman–Crippen LogP) is 4.34. The second-order valence-electron chi connectivity index (χ2n) is 4.92. The van der Waals surface area contributed by atoms with Crippen LogP contribution in [0.4, 0.5) is 5.69 Å². The van der Waals surface area contributed by atoms with Gasteiger partial charge in [0, 0.05) is 11.1 Å². The van der Waals surface area contributed by atoms with E-state index in [-0.39, 0.29) is 9.79 Å². The Kier molecular flexibility index (Phi) is 4.78. The van der Waals surface area contributed by atoms with Crippen molar-refractivity contribution in [1.29, 1.82) is 0 Å². The lowest BCUT2D eigenvalue weighted by molar-refractivity contribution is 0.416. The average Bonchev–Trinajstić information content (AvgIpc) is 3.14. The van der Waals surface area contributed by atoms with Crippen molar-refractivity contribution in [3.05, 3.63) is 70.9 Å². The van der Waals surface area contributed by atoms with Crippen molar-refractivity contribution < 1.29 is 13.2 Å². The second kappa shape index (κ2) is 6.98. The third-order valence-corrected chi connectivity index (χ3v) is 5.96. The topological polar surface area (TPSA) is 55.7 Å². The van der Waals surface area contributed by atoms with Crippen LogP contribution in [-0.4, -0.2) is 21.7 Å². The molecule has 3 rings (SSSR count). The summed E-state index contributed by atoms with van der Waals surface area (Å²) in [6.45, 7) is 0. The molecule has 1 aromatic heterocycles. The highest BCUT2D eigenvalue weighted by molar-refractivity contribution is 7.91. The van der Waals surface area contributed by atoms with Crippen molar-refractivity contribution in [2.24, 2.45) is 4.99 Å². The summed E-state index contributed by atoms with van der Waals surface area (Å²) in [4.78, 5) is 5.80. The van der Waals surface area contributed by atoms with Gasteiger partial charge in [-0.15, -0.1) is 11.3 Å². The molecule has 0 aliphatic rings. The van der Waals surface area contributed by atoms with Gasteiger partial charge in [0.15, 0.2) is 0 Å². The number of aliphatic imine (C=N–C) groups is 1. The molecule has 0 saturated carbocycles. The summed E-state index contributed by atoms with van der Waals surface area (Å²) < 4.78 is 30.7. The quantitative estimate of drug-likeness (QED) is 0.638. The zero-order valence-electron chi connectivity index (χ0n) is 12.9. The maximum absolute atomic E-state index is 12.7. The first-order chi connectivity index (χ1) is 11.6. The van der Waals surface area contributed by atoms with Crippen LogP contribution in [-0.2, 0) is 9.84 Å². The van der Waals surface area contributed by atoms with Crippen molar-refractivity contribution in [2.45, 2.75) is 9.79 Å². The van der Waals surface area contributed by atoms with E-state index < -0.39 is 9.84 Å². The smallest absolute Gasteiger partial charge is 0.206 e. The number of sulfone groups is 1. The number of hydrogen-bond donors (Lipinski definition) is 0. The van der Waals surface area contributed by atoms with Gasteiger partial charge in [0.05, 0.1) is 16.9 Å². The van der Waals surface area contributed by atoms with E-state index in [0.717, 1.165) is 4.88 Å². The van der Waals surface area contributed by atoms with Crippen LogP contribution in [0, 0.1) is 0 Å². The molecule has 0 radical (unpaired) electrons. The largest absolute Gasteiger partial charge is 0.494 e. The Morgan fingerprint density at radius 1 is 1.00 bits per heavy atom. The minimum Gasteiger partial charge on any atom is -0.494 e. The zero-order chi connectivity index (χ0) is 17.0. The molecule has 0 amide bonds. The van der Waals surface area contributed by atoms with Gasteiger partial charge in [-0.2, -0.15) is 0 Å². The summed E-state index contributed by atoms with van der Waals surface area (Å²) >= 11 is 1.55. The summed E-state index contributed by atoms with van der Waals surface area (Å²) in [6.07, 6.45) is 1.70. The first-order valence-electron chi connectivity index (χ1n) is 7.17. The molecule has 24 heavy (non-hydrogen) atoms. The van der Waals surface area contributed by atoms with Gasteiger partial charge < -0.3 is 4.74 Å². The fourth-order valence-corrected chi connectivity index (χ4v) is 4.06. The number of thiophene rings is 1. The molecule has 3 aromatic rings. The Morgan fingerprint density at radius 3 is 2.46 bits per heavy atom. The van der Waals surface area contributed by atoms with E-state index >= 15 is 0 Å². The standard InChI is InChI=1S/C18H15NO3S2/c1-22-18-10-9-16(24(20,21)15-7-3-2-4-8-15)12-17(18)19-13-14-6-5-11-23-14/h2-13H,1H3. The van der Waals surface area contributed by atoms with E-state index in [1.54, 1.807) is 53.9 Å². The van der Waals surface area contributed by atoms with Crippen molar-refractivity contribution >= 4 is 33.1 Å². The molecule has 0 N–H and O–H groups in total. The molecule has 122 valence electrons. The molecule has 0 fully saturated rings. The molecule has 1 heterocycles. The minimum atomic E-state index is -3.59. The average molecular weight is 357 g/mol. The molecule has 0 spiro atoms. The molecule has 0 aliphatic heterocycles. The molecular weight excluding hydrogens is 342 g/mol. The van der Waals surface area contributed by atoms with E-state index in [2.05, 4.69) is 4.99 Å². The maximum atomic E-state index is 12.7. The highest BCUT2D eigenvalue weighted by atomic mass is 32.2. The van der Waals surface area contributed by atoms with Crippen LogP contribution in [0.2, 0.25) is 0 Å². The lowest BCUT2D eigenvalue weighted by atomic mass is 10.3. The Balaban J connectivity index is 2.03. The van der Waals surface area contributed by atoms with Gasteiger partial charge in [0.1, 0.15) is 11.4 Å². The third kappa shape index (κ3) is 3.39. The molecule has 2 aromatic carbocycles. The number of ether oxygens (including phenoxy) is 1. The molecule has 6 heteroatoms. The van der Waals surface area contributed by atoms with Crippen molar-refractivity contribution in [3.8, 4) is 5.75 Å². The Labute approximate surface area is 145 Å². The number of benzene rings is 2. The molecule has 0 unspecified atom stereocenters. The van der Waals surface area contributed by atoms with Crippen molar-refractivity contribution in [3.63, 3.8) is 0 Å². The van der Waals surface area contributed by atoms with Gasteiger partial charge in [-0.05, 0) is 41.8 Å². The van der Waals surface area contributed by atoms with Crippen LogP contribution in [0.3, 0.4) is 0 Å². The first-order valence-corrected chi connectivity index (χ1v) is 9.53. The molecule has 0 aliphatic carbocycles. The highest BCUT2D eigenvalue weighted by Gasteiger charge is 2.18. The third-order valence-electron chi connectivity index (χ3n) is 3.39. The number of hydrogen-bond acceptors (Lipinski definition) is 5. The normalized spacial score (nSPS) is 11.7. The summed E-state index contributed by atoms with van der Waals surface area (Å²) in [5.74, 6) is 0.523. The molecule has 4 nitrogen and oxygen atoms in total. The summed E-state index contributed by atoms with van der Waals surface area (Å²) in [5.41, 5.74) is 0.475. The molecular formula is C18H15NO3S2. The van der Waals surface area contributed by atoms with Crippen LogP contribution >= 0.6 is 11.3 Å². The first kappa shape index (κ1) is 16.4. The minimum absolute atomic E-state index is 0.188. The van der Waals surface area contributed by atoms with E-state index in [0.29, 0.717) is 11.4 Å². The van der Waals surface area contributed by atoms with Gasteiger partial charge in [-0.1, -0.05) is 24.3 Å². The molecule has 0 bridgehead atoms. The van der Waals surface area contributed by atoms with Crippen LogP contribution in [0.5, 0.6) is 5.75 Å². The van der Waals surface area contributed by atoms with Crippen LogP contribution < -0.4 is 4.74 Å². The van der Waals surface area contributed by atoms with Gasteiger partial charge in [-0.3, -0.25) is 4.99 Å². The highest BCUT2D eigenvalue weighted by Crippen LogP contribution is 2.32. The van der Waals surface area contributed by atoms with Crippen molar-refractivity contribution in [1.82, 2.24) is 0 Å². The maximum Gasteiger partial charge on any atom is 0.206 e. The van der Waals surface area contributed by atoms with Gasteiger partial charge in [0.25, 0.3) is 0 Å². The zero-order valence-corrected chi connectivity index (χ0v) is 14.5. The lowest BCUT2D eigenvalue weighted by Crippen LogP contribution is -2.01.